The molecule has 1 rings (SSSR count). The summed E-state index contributed by atoms with van der Waals surface area (Å²) in [6.45, 7) is 2.11. The summed E-state index contributed by atoms with van der Waals surface area (Å²) in [6, 6.07) is 7.21. The van der Waals surface area contributed by atoms with Gasteiger partial charge in [-0.25, -0.2) is 0 Å². The molecular formula is C11H13ClO3S. The normalized spacial score (nSPS) is 12.1. The second-order valence-electron chi connectivity index (χ2n) is 3.13. The summed E-state index contributed by atoms with van der Waals surface area (Å²) in [6.07, 6.45) is 0. The van der Waals surface area contributed by atoms with Crippen molar-refractivity contribution >= 4 is 29.3 Å². The summed E-state index contributed by atoms with van der Waals surface area (Å²) in [7, 11) is 0. The molecule has 0 fully saturated rings. The molecule has 1 N–H and O–H groups in total. The van der Waals surface area contributed by atoms with Gasteiger partial charge in [0, 0.05) is 5.75 Å². The van der Waals surface area contributed by atoms with Gasteiger partial charge in [-0.15, -0.1) is 11.8 Å². The Kier molecular flexibility index (Phi) is 5.49. The van der Waals surface area contributed by atoms with Gasteiger partial charge < -0.3 is 9.84 Å². The fourth-order valence-corrected chi connectivity index (χ4v) is 1.88. The molecule has 0 spiro atoms. The van der Waals surface area contributed by atoms with Gasteiger partial charge >= 0.3 is 5.97 Å². The van der Waals surface area contributed by atoms with E-state index in [4.69, 9.17) is 21.4 Å². The van der Waals surface area contributed by atoms with E-state index >= 15 is 0 Å². The number of rotatable bonds is 6. The number of carboxylic acids is 1. The lowest BCUT2D eigenvalue weighted by Gasteiger charge is -2.09. The highest BCUT2D eigenvalue weighted by molar-refractivity contribution is 8.00. The average Bonchev–Trinajstić information content (AvgIpc) is 2.26. The van der Waals surface area contributed by atoms with Crippen LogP contribution in [-0.4, -0.2) is 28.7 Å². The first-order valence-electron chi connectivity index (χ1n) is 4.83. The maximum absolute atomic E-state index is 10.5. The molecule has 0 aliphatic rings. The minimum Gasteiger partial charge on any atom is -0.491 e. The summed E-state index contributed by atoms with van der Waals surface area (Å²) in [5.74, 6) is 0.453. The van der Waals surface area contributed by atoms with Gasteiger partial charge in [-0.2, -0.15) is 0 Å². The molecule has 1 atom stereocenters. The molecule has 0 aromatic heterocycles. The fraction of sp³-hybridized carbons (Fsp3) is 0.364. The number of halogens is 1. The lowest BCUT2D eigenvalue weighted by molar-refractivity contribution is -0.136. The van der Waals surface area contributed by atoms with E-state index in [9.17, 15) is 4.79 Å². The summed E-state index contributed by atoms with van der Waals surface area (Å²) in [5.41, 5.74) is 0. The first-order chi connectivity index (χ1) is 7.61. The molecule has 3 nitrogen and oxygen atoms in total. The van der Waals surface area contributed by atoms with Crippen LogP contribution in [-0.2, 0) is 4.79 Å². The Bertz CT molecular complexity index is 357. The predicted molar refractivity (Wildman–Crippen MR) is 66.5 cm³/mol. The van der Waals surface area contributed by atoms with Gasteiger partial charge in [-0.1, -0.05) is 23.7 Å². The zero-order valence-corrected chi connectivity index (χ0v) is 10.4. The van der Waals surface area contributed by atoms with Crippen LogP contribution in [0.2, 0.25) is 5.02 Å². The number of benzene rings is 1. The van der Waals surface area contributed by atoms with Crippen LogP contribution in [0.15, 0.2) is 24.3 Å². The Hall–Kier alpha value is -0.870. The van der Waals surface area contributed by atoms with Crippen molar-refractivity contribution in [2.24, 2.45) is 0 Å². The molecule has 0 aliphatic heterocycles. The molecule has 0 bridgehead atoms. The zero-order valence-electron chi connectivity index (χ0n) is 8.85. The molecule has 88 valence electrons. The summed E-state index contributed by atoms with van der Waals surface area (Å²) < 4.78 is 5.42. The molecule has 16 heavy (non-hydrogen) atoms. The minimum atomic E-state index is -0.803. The smallest absolute Gasteiger partial charge is 0.316 e. The molecule has 0 saturated carbocycles. The predicted octanol–water partition coefficient (Wildman–Crippen LogP) is 2.93. The number of carbonyl (C=O) groups is 1. The largest absolute Gasteiger partial charge is 0.491 e. The number of ether oxygens (including phenoxy) is 1. The molecule has 0 amide bonds. The first-order valence-corrected chi connectivity index (χ1v) is 6.25. The molecule has 5 heteroatoms. The summed E-state index contributed by atoms with van der Waals surface area (Å²) in [5, 5.41) is 8.82. The molecule has 1 aromatic rings. The highest BCUT2D eigenvalue weighted by atomic mass is 35.5. The summed E-state index contributed by atoms with van der Waals surface area (Å²) >= 11 is 7.23. The monoisotopic (exact) mass is 260 g/mol. The lowest BCUT2D eigenvalue weighted by atomic mass is 10.3. The third-order valence-corrected chi connectivity index (χ3v) is 3.31. The molecule has 0 saturated heterocycles. The average molecular weight is 261 g/mol. The van der Waals surface area contributed by atoms with E-state index in [-0.39, 0.29) is 0 Å². The molecular weight excluding hydrogens is 248 g/mol. The van der Waals surface area contributed by atoms with Crippen LogP contribution in [0.25, 0.3) is 0 Å². The second kappa shape index (κ2) is 6.66. The highest BCUT2D eigenvalue weighted by Gasteiger charge is 2.10. The number of thioether (sulfide) groups is 1. The first kappa shape index (κ1) is 13.2. The molecule has 0 heterocycles. The van der Waals surface area contributed by atoms with E-state index in [2.05, 4.69) is 0 Å². The Labute approximate surface area is 104 Å². The standard InChI is InChI=1S/C11H13ClO3S/c1-8(11(13)14)16-7-6-15-10-5-3-2-4-9(10)12/h2-5,8H,6-7H2,1H3,(H,13,14). The van der Waals surface area contributed by atoms with E-state index in [0.717, 1.165) is 0 Å². The number of hydrogen-bond donors (Lipinski definition) is 1. The van der Waals surface area contributed by atoms with Crippen molar-refractivity contribution in [2.75, 3.05) is 12.4 Å². The van der Waals surface area contributed by atoms with Crippen LogP contribution >= 0.6 is 23.4 Å². The van der Waals surface area contributed by atoms with Gasteiger partial charge in [0.05, 0.1) is 16.9 Å². The number of aliphatic carboxylic acids is 1. The fourth-order valence-electron chi connectivity index (χ4n) is 1.01. The van der Waals surface area contributed by atoms with Crippen molar-refractivity contribution in [1.29, 1.82) is 0 Å². The number of hydrogen-bond acceptors (Lipinski definition) is 3. The topological polar surface area (TPSA) is 46.5 Å². The number of para-hydroxylation sites is 1. The van der Waals surface area contributed by atoms with Crippen molar-refractivity contribution in [1.82, 2.24) is 0 Å². The van der Waals surface area contributed by atoms with Crippen molar-refractivity contribution in [3.05, 3.63) is 29.3 Å². The van der Waals surface area contributed by atoms with Crippen molar-refractivity contribution in [3.63, 3.8) is 0 Å². The van der Waals surface area contributed by atoms with Crippen LogP contribution < -0.4 is 4.74 Å². The van der Waals surface area contributed by atoms with Gasteiger partial charge in [0.25, 0.3) is 0 Å². The van der Waals surface area contributed by atoms with E-state index in [1.807, 2.05) is 12.1 Å². The zero-order chi connectivity index (χ0) is 12.0. The number of carboxylic acid groups (broad SMARTS) is 1. The third kappa shape index (κ3) is 4.33. The minimum absolute atomic E-state index is 0.408. The highest BCUT2D eigenvalue weighted by Crippen LogP contribution is 2.23. The lowest BCUT2D eigenvalue weighted by Crippen LogP contribution is -2.14. The molecule has 0 radical (unpaired) electrons. The van der Waals surface area contributed by atoms with E-state index in [1.54, 1.807) is 19.1 Å². The van der Waals surface area contributed by atoms with Crippen LogP contribution in [0.5, 0.6) is 5.75 Å². The van der Waals surface area contributed by atoms with Gasteiger partial charge in [-0.05, 0) is 19.1 Å². The maximum atomic E-state index is 10.5. The van der Waals surface area contributed by atoms with E-state index in [0.29, 0.717) is 23.1 Å². The van der Waals surface area contributed by atoms with E-state index < -0.39 is 11.2 Å². The molecule has 1 aromatic carbocycles. The van der Waals surface area contributed by atoms with Crippen LogP contribution in [0.1, 0.15) is 6.92 Å². The van der Waals surface area contributed by atoms with E-state index in [1.165, 1.54) is 11.8 Å². The Balaban J connectivity index is 2.26. The third-order valence-electron chi connectivity index (χ3n) is 1.89. The van der Waals surface area contributed by atoms with Crippen molar-refractivity contribution < 1.29 is 14.6 Å². The van der Waals surface area contributed by atoms with Gasteiger partial charge in [0.1, 0.15) is 5.75 Å². The van der Waals surface area contributed by atoms with Crippen molar-refractivity contribution in [3.8, 4) is 5.75 Å². The van der Waals surface area contributed by atoms with Crippen molar-refractivity contribution in [2.45, 2.75) is 12.2 Å². The maximum Gasteiger partial charge on any atom is 0.316 e. The Morgan fingerprint density at radius 2 is 2.25 bits per heavy atom. The van der Waals surface area contributed by atoms with Crippen LogP contribution in [0.4, 0.5) is 0 Å². The van der Waals surface area contributed by atoms with Crippen LogP contribution in [0.3, 0.4) is 0 Å². The van der Waals surface area contributed by atoms with Gasteiger partial charge in [-0.3, -0.25) is 4.79 Å². The molecule has 1 unspecified atom stereocenters. The SMILES string of the molecule is CC(SCCOc1ccccc1Cl)C(=O)O. The van der Waals surface area contributed by atoms with Gasteiger partial charge in [0.2, 0.25) is 0 Å². The molecule has 0 aliphatic carbocycles. The second-order valence-corrected chi connectivity index (χ2v) is 4.99. The quantitative estimate of drug-likeness (QED) is 0.799. The Morgan fingerprint density at radius 1 is 1.56 bits per heavy atom. The summed E-state index contributed by atoms with van der Waals surface area (Å²) in [4.78, 5) is 10.5. The van der Waals surface area contributed by atoms with Crippen LogP contribution in [0, 0.1) is 0 Å². The Morgan fingerprint density at radius 3 is 2.88 bits per heavy atom. The van der Waals surface area contributed by atoms with Gasteiger partial charge in [0.15, 0.2) is 0 Å².